The van der Waals surface area contributed by atoms with Gasteiger partial charge in [-0.1, -0.05) is 12.2 Å². The van der Waals surface area contributed by atoms with Gasteiger partial charge in [-0.3, -0.25) is 4.79 Å². The van der Waals surface area contributed by atoms with Crippen molar-refractivity contribution in [2.75, 3.05) is 6.61 Å². The largest absolute Gasteiger partial charge is 0.462 e. The summed E-state index contributed by atoms with van der Waals surface area (Å²) in [5, 5.41) is 11.2. The van der Waals surface area contributed by atoms with Crippen LogP contribution >= 0.6 is 0 Å². The van der Waals surface area contributed by atoms with Gasteiger partial charge in [0.25, 0.3) is 0 Å². The highest BCUT2D eigenvalue weighted by Crippen LogP contribution is 2.74. The number of esters is 1. The van der Waals surface area contributed by atoms with Gasteiger partial charge in [-0.15, -0.1) is 0 Å². The second-order valence-corrected chi connectivity index (χ2v) is 8.63. The van der Waals surface area contributed by atoms with E-state index in [9.17, 15) is 23.1 Å². The molecule has 4 nitrogen and oxygen atoms in total. The maximum atomic E-state index is 15.5. The second kappa shape index (κ2) is 4.84. The van der Waals surface area contributed by atoms with Crippen molar-refractivity contribution >= 4 is 5.97 Å². The number of carbonyl (C=O) groups is 1. The Morgan fingerprint density at radius 1 is 1.15 bits per heavy atom. The molecular formula is C18H19F5O4. The summed E-state index contributed by atoms with van der Waals surface area (Å²) >= 11 is 0. The Balaban J connectivity index is 1.62. The molecule has 150 valence electrons. The van der Waals surface area contributed by atoms with Crippen LogP contribution in [-0.2, 0) is 14.3 Å². The lowest BCUT2D eigenvalue weighted by molar-refractivity contribution is -0.484. The maximum absolute atomic E-state index is 15.5. The molecule has 9 unspecified atom stereocenters. The molecule has 1 heterocycles. The molecular weight excluding hydrogens is 375 g/mol. The first-order chi connectivity index (χ1) is 12.5. The minimum absolute atomic E-state index is 0.00707. The molecule has 1 saturated heterocycles. The quantitative estimate of drug-likeness (QED) is 0.322. The van der Waals surface area contributed by atoms with Gasteiger partial charge in [-0.2, -0.15) is 22.0 Å². The van der Waals surface area contributed by atoms with Crippen molar-refractivity contribution in [1.29, 1.82) is 0 Å². The van der Waals surface area contributed by atoms with E-state index in [1.54, 1.807) is 0 Å². The summed E-state index contributed by atoms with van der Waals surface area (Å²) in [5.41, 5.74) is -2.92. The minimum atomic E-state index is -5.70. The molecule has 0 radical (unpaired) electrons. The van der Waals surface area contributed by atoms with Gasteiger partial charge < -0.3 is 14.6 Å². The molecule has 4 bridgehead atoms. The number of allylic oxidation sites excluding steroid dienone is 2. The van der Waals surface area contributed by atoms with E-state index in [0.717, 1.165) is 6.42 Å². The van der Waals surface area contributed by atoms with Crippen LogP contribution in [0.15, 0.2) is 12.2 Å². The number of ether oxygens (including phenoxy) is 2. The molecule has 0 aromatic heterocycles. The Bertz CT molecular complexity index is 736. The maximum Gasteiger partial charge on any atom is 0.462 e. The fourth-order valence-electron chi connectivity index (χ4n) is 7.07. The third kappa shape index (κ3) is 1.75. The Labute approximate surface area is 151 Å². The molecule has 0 amide bonds. The molecule has 1 aliphatic heterocycles. The van der Waals surface area contributed by atoms with Gasteiger partial charge in [0.1, 0.15) is 5.60 Å². The van der Waals surface area contributed by atoms with Crippen LogP contribution in [-0.4, -0.2) is 41.2 Å². The summed E-state index contributed by atoms with van der Waals surface area (Å²) in [4.78, 5) is 11.3. The zero-order chi connectivity index (χ0) is 19.6. The van der Waals surface area contributed by atoms with Crippen LogP contribution in [0.5, 0.6) is 0 Å². The van der Waals surface area contributed by atoms with Crippen molar-refractivity contribution in [3.63, 3.8) is 0 Å². The monoisotopic (exact) mass is 394 g/mol. The number of hydrogen-bond donors (Lipinski definition) is 1. The number of rotatable bonds is 1. The highest BCUT2D eigenvalue weighted by molar-refractivity contribution is 5.66. The Kier molecular flexibility index (Phi) is 3.20. The summed E-state index contributed by atoms with van der Waals surface area (Å²) < 4.78 is 80.9. The van der Waals surface area contributed by atoms with Gasteiger partial charge in [-0.25, -0.2) is 0 Å². The minimum Gasteiger partial charge on any atom is -0.418 e. The lowest BCUT2D eigenvalue weighted by Crippen LogP contribution is -2.78. The van der Waals surface area contributed by atoms with Crippen molar-refractivity contribution < 1.29 is 41.3 Å². The summed E-state index contributed by atoms with van der Waals surface area (Å²) in [6.07, 6.45) is -0.652. The lowest BCUT2D eigenvalue weighted by Gasteiger charge is -2.57. The predicted octanol–water partition coefficient (Wildman–Crippen LogP) is 2.91. The second-order valence-electron chi connectivity index (χ2n) is 8.63. The molecule has 27 heavy (non-hydrogen) atoms. The third-order valence-corrected chi connectivity index (χ3v) is 7.76. The fourth-order valence-corrected chi connectivity index (χ4v) is 7.07. The van der Waals surface area contributed by atoms with E-state index < -0.39 is 47.9 Å². The summed E-state index contributed by atoms with van der Waals surface area (Å²) in [6, 6.07) is 0. The van der Waals surface area contributed by atoms with Crippen molar-refractivity contribution in [2.24, 2.45) is 41.4 Å². The highest BCUT2D eigenvalue weighted by Gasteiger charge is 2.89. The van der Waals surface area contributed by atoms with E-state index in [1.807, 2.05) is 6.08 Å². The van der Waals surface area contributed by atoms with Crippen molar-refractivity contribution in [3.05, 3.63) is 12.2 Å². The van der Waals surface area contributed by atoms with Gasteiger partial charge >= 0.3 is 23.9 Å². The first-order valence-electron chi connectivity index (χ1n) is 9.14. The smallest absolute Gasteiger partial charge is 0.418 e. The summed E-state index contributed by atoms with van der Waals surface area (Å²) in [7, 11) is 0. The van der Waals surface area contributed by atoms with E-state index in [2.05, 4.69) is 15.5 Å². The van der Waals surface area contributed by atoms with Crippen LogP contribution in [0, 0.1) is 41.4 Å². The average Bonchev–Trinajstić information content (AvgIpc) is 3.26. The third-order valence-electron chi connectivity index (χ3n) is 7.76. The molecule has 0 aromatic rings. The molecule has 3 saturated carbocycles. The number of alkyl halides is 5. The van der Waals surface area contributed by atoms with Crippen LogP contribution in [0.25, 0.3) is 0 Å². The Morgan fingerprint density at radius 2 is 1.78 bits per heavy atom. The predicted molar refractivity (Wildman–Crippen MR) is 79.2 cm³/mol. The van der Waals surface area contributed by atoms with Crippen LogP contribution in [0.2, 0.25) is 0 Å². The molecule has 0 spiro atoms. The molecule has 5 rings (SSSR count). The van der Waals surface area contributed by atoms with Gasteiger partial charge in [0.2, 0.25) is 0 Å². The number of aliphatic hydroxyl groups is 1. The van der Waals surface area contributed by atoms with Crippen LogP contribution in [0.1, 0.15) is 19.8 Å². The number of fused-ring (bicyclic) bond motifs is 12. The standard InChI is InChI=1S/C18H19F5O4/c1-7(24)27-17(18(21,22)23)16(19,20)15(25)11-5-10(12(15)6-26-17)13-8-2-3-9(4-8)14(11)13/h2-3,8-14,25H,4-6H2,1H3. The first kappa shape index (κ1) is 17.8. The van der Waals surface area contributed by atoms with E-state index in [0.29, 0.717) is 6.92 Å². The number of hydrogen-bond acceptors (Lipinski definition) is 4. The molecule has 5 aliphatic rings. The van der Waals surface area contributed by atoms with E-state index in [1.165, 1.54) is 0 Å². The normalized spacial score (nSPS) is 54.1. The van der Waals surface area contributed by atoms with Crippen LogP contribution in [0.4, 0.5) is 22.0 Å². The van der Waals surface area contributed by atoms with Crippen molar-refractivity contribution in [3.8, 4) is 0 Å². The Morgan fingerprint density at radius 3 is 2.37 bits per heavy atom. The summed E-state index contributed by atoms with van der Waals surface area (Å²) in [5.74, 6) is -13.2. The number of carbonyl (C=O) groups excluding carboxylic acids is 1. The van der Waals surface area contributed by atoms with Crippen LogP contribution in [0.3, 0.4) is 0 Å². The van der Waals surface area contributed by atoms with Gasteiger partial charge in [0.15, 0.2) is 0 Å². The SMILES string of the molecule is CC(=O)OC1(C(F)(F)F)OCC2C3CC(C4C5C=CC(C5)C34)C2(O)C1(F)F. The van der Waals surface area contributed by atoms with Gasteiger partial charge in [0.05, 0.1) is 6.61 Å². The summed E-state index contributed by atoms with van der Waals surface area (Å²) in [6.45, 7) is -0.106. The molecule has 9 heteroatoms. The van der Waals surface area contributed by atoms with E-state index in [4.69, 9.17) is 0 Å². The van der Waals surface area contributed by atoms with Gasteiger partial charge in [0, 0.05) is 12.8 Å². The molecule has 4 aliphatic carbocycles. The zero-order valence-electron chi connectivity index (χ0n) is 14.4. The highest BCUT2D eigenvalue weighted by atomic mass is 19.4. The van der Waals surface area contributed by atoms with Crippen molar-refractivity contribution in [2.45, 2.75) is 43.3 Å². The van der Waals surface area contributed by atoms with E-state index in [-0.39, 0.29) is 36.0 Å². The average molecular weight is 394 g/mol. The van der Waals surface area contributed by atoms with Crippen molar-refractivity contribution in [1.82, 2.24) is 0 Å². The van der Waals surface area contributed by atoms with Crippen LogP contribution < -0.4 is 0 Å². The molecule has 9 atom stereocenters. The topological polar surface area (TPSA) is 55.8 Å². The Hall–Kier alpha value is -1.22. The molecule has 1 N–H and O–H groups in total. The lowest BCUT2D eigenvalue weighted by atomic mass is 9.59. The van der Waals surface area contributed by atoms with E-state index >= 15 is 8.78 Å². The fraction of sp³-hybridized carbons (Fsp3) is 0.833. The van der Waals surface area contributed by atoms with Gasteiger partial charge in [-0.05, 0) is 48.3 Å². The zero-order valence-corrected chi connectivity index (χ0v) is 14.4. The molecule has 4 fully saturated rings. The molecule has 0 aromatic carbocycles. The number of halogens is 5. The first-order valence-corrected chi connectivity index (χ1v) is 9.14.